The van der Waals surface area contributed by atoms with Crippen molar-refractivity contribution in [2.75, 3.05) is 0 Å². The summed E-state index contributed by atoms with van der Waals surface area (Å²) in [6, 6.07) is 0. The van der Waals surface area contributed by atoms with Crippen molar-refractivity contribution in [3.8, 4) is 0 Å². The van der Waals surface area contributed by atoms with Crippen LogP contribution in [0.25, 0.3) is 0 Å². The molecule has 0 aliphatic heterocycles. The van der Waals surface area contributed by atoms with E-state index in [0.717, 1.165) is 0 Å². The minimum Gasteiger partial charge on any atom is -0.356 e. The summed E-state index contributed by atoms with van der Waals surface area (Å²) >= 11 is 0. The van der Waals surface area contributed by atoms with Gasteiger partial charge in [0.15, 0.2) is 0 Å². The van der Waals surface area contributed by atoms with Crippen LogP contribution >= 0.6 is 0 Å². The summed E-state index contributed by atoms with van der Waals surface area (Å²) in [5, 5.41) is 59.0. The predicted octanol–water partition coefficient (Wildman–Crippen LogP) is -0.961. The Kier molecular flexibility index (Phi) is 58.8. The summed E-state index contributed by atoms with van der Waals surface area (Å²) in [5.41, 5.74) is 0. The van der Waals surface area contributed by atoms with Crippen molar-refractivity contribution in [3.05, 3.63) is 61.3 Å². The van der Waals surface area contributed by atoms with Crippen molar-refractivity contribution in [2.24, 2.45) is 0 Å². The third-order valence-electron chi connectivity index (χ3n) is 0. The maximum absolute atomic E-state index is 8.25. The zero-order chi connectivity index (χ0) is 14.3. The summed E-state index contributed by atoms with van der Waals surface area (Å²) in [4.78, 5) is 33.0. The molecule has 0 unspecified atom stereocenters. The van der Waals surface area contributed by atoms with E-state index in [2.05, 4.69) is 0 Å². The maximum atomic E-state index is 8.25. The molecule has 16 nitrogen and oxygen atoms in total. The minimum absolute atomic E-state index is 0. The van der Waals surface area contributed by atoms with Crippen LogP contribution in [0.3, 0.4) is 0 Å². The van der Waals surface area contributed by atoms with Crippen molar-refractivity contribution in [1.29, 1.82) is 0 Å². The van der Waals surface area contributed by atoms with Gasteiger partial charge in [0.2, 0.25) is 0 Å². The fraction of sp³-hybridized carbons (Fsp3) is 0. The second kappa shape index (κ2) is 29.4. The van der Waals surface area contributed by atoms with Gasteiger partial charge in [-0.05, 0) is 0 Å². The standard InChI is InChI=1S/Fe.4NO3.Ni/c;4*2-1(3)4;/q+2;4*-1;+2. The van der Waals surface area contributed by atoms with E-state index in [9.17, 15) is 0 Å². The van der Waals surface area contributed by atoms with Crippen LogP contribution in [-0.2, 0) is 33.6 Å². The van der Waals surface area contributed by atoms with Crippen LogP contribution in [0.15, 0.2) is 0 Å². The third-order valence-corrected chi connectivity index (χ3v) is 0. The molecule has 110 valence electrons. The summed E-state index contributed by atoms with van der Waals surface area (Å²) in [7, 11) is 0. The van der Waals surface area contributed by atoms with Gasteiger partial charge in [-0.2, -0.15) is 0 Å². The average Bonchev–Trinajstić information content (AvgIpc) is 1.76. The van der Waals surface area contributed by atoms with Crippen LogP contribution < -0.4 is 0 Å². The third kappa shape index (κ3) is 474. The molecule has 0 saturated heterocycles. The van der Waals surface area contributed by atoms with Crippen LogP contribution in [0.1, 0.15) is 0 Å². The van der Waals surface area contributed by atoms with Gasteiger partial charge in [0.05, 0.1) is 20.3 Å². The van der Waals surface area contributed by atoms with Crippen molar-refractivity contribution in [2.45, 2.75) is 0 Å². The molecule has 0 aliphatic carbocycles. The number of rotatable bonds is 0. The molecule has 0 spiro atoms. The van der Waals surface area contributed by atoms with E-state index in [0.29, 0.717) is 0 Å². The first-order valence-corrected chi connectivity index (χ1v) is 2.19. The van der Waals surface area contributed by atoms with Crippen LogP contribution in [-0.4, -0.2) is 20.3 Å². The van der Waals surface area contributed by atoms with Crippen molar-refractivity contribution >= 4 is 0 Å². The van der Waals surface area contributed by atoms with E-state index < -0.39 is 20.3 Å². The molecule has 0 N–H and O–H groups in total. The number of hydrogen-bond donors (Lipinski definition) is 0. The van der Waals surface area contributed by atoms with Gasteiger partial charge in [-0.3, -0.25) is 0 Å². The second-order valence-electron chi connectivity index (χ2n) is 0.894. The molecule has 0 rings (SSSR count). The Morgan fingerprint density at radius 2 is 0.444 bits per heavy atom. The smallest absolute Gasteiger partial charge is 0.356 e. The molecule has 18 heavy (non-hydrogen) atoms. The zero-order valence-electron chi connectivity index (χ0n) is 7.36. The normalized spacial score (nSPS) is 5.33. The number of nitrogens with zero attached hydrogens (tertiary/aromatic N) is 4. The molecule has 18 heteroatoms. The molecule has 0 saturated carbocycles. The Hall–Kier alpha value is -2.19. The molecule has 0 radical (unpaired) electrons. The summed E-state index contributed by atoms with van der Waals surface area (Å²) in [6.45, 7) is 0. The van der Waals surface area contributed by atoms with Crippen molar-refractivity contribution in [3.63, 3.8) is 0 Å². The van der Waals surface area contributed by atoms with Gasteiger partial charge in [0.1, 0.15) is 0 Å². The number of hydrogen-bond acceptors (Lipinski definition) is 12. The van der Waals surface area contributed by atoms with Crippen LogP contribution in [0.2, 0.25) is 0 Å². The first-order chi connectivity index (χ1) is 6.93. The van der Waals surface area contributed by atoms with Crippen molar-refractivity contribution < 1.29 is 53.9 Å². The Labute approximate surface area is 116 Å². The molecule has 0 bridgehead atoms. The SMILES string of the molecule is O=[N+]([O-])[O-].O=[N+]([O-])[O-].O=[N+]([O-])[O-].O=[N+]([O-])[O-].[Fe+2].[Ni+2]. The van der Waals surface area contributed by atoms with Gasteiger partial charge in [-0.1, -0.05) is 0 Å². The molecule has 0 aromatic carbocycles. The molecular formula is FeN4NiO12. The summed E-state index contributed by atoms with van der Waals surface area (Å²) in [6.07, 6.45) is 0. The van der Waals surface area contributed by atoms with Gasteiger partial charge in [-0.25, -0.2) is 0 Å². The molecule has 0 aliphatic rings. The van der Waals surface area contributed by atoms with Crippen LogP contribution in [0.5, 0.6) is 0 Å². The van der Waals surface area contributed by atoms with E-state index in [-0.39, 0.29) is 33.6 Å². The average molecular weight is 363 g/mol. The van der Waals surface area contributed by atoms with Gasteiger partial charge >= 0.3 is 33.6 Å². The molecule has 0 fully saturated rings. The molecule has 0 aromatic rings. The van der Waals surface area contributed by atoms with E-state index in [1.165, 1.54) is 0 Å². The predicted molar refractivity (Wildman–Crippen MR) is 41.4 cm³/mol. The first-order valence-electron chi connectivity index (χ1n) is 2.19. The molecule has 0 aromatic heterocycles. The Morgan fingerprint density at radius 1 is 0.444 bits per heavy atom. The van der Waals surface area contributed by atoms with Crippen molar-refractivity contribution in [1.82, 2.24) is 0 Å². The Bertz CT molecular complexity index is 164. The van der Waals surface area contributed by atoms with Gasteiger partial charge in [-0.15, -0.1) is 0 Å². The Balaban J connectivity index is -0.0000000257. The van der Waals surface area contributed by atoms with E-state index in [4.69, 9.17) is 61.3 Å². The minimum atomic E-state index is -1.75. The zero-order valence-corrected chi connectivity index (χ0v) is 9.45. The van der Waals surface area contributed by atoms with Gasteiger partial charge < -0.3 is 61.3 Å². The Morgan fingerprint density at radius 3 is 0.444 bits per heavy atom. The van der Waals surface area contributed by atoms with Gasteiger partial charge in [0, 0.05) is 0 Å². The van der Waals surface area contributed by atoms with Gasteiger partial charge in [0.25, 0.3) is 0 Å². The fourth-order valence-corrected chi connectivity index (χ4v) is 0. The molecule has 0 heterocycles. The maximum Gasteiger partial charge on any atom is 2.00 e. The quantitative estimate of drug-likeness (QED) is 0.286. The summed E-state index contributed by atoms with van der Waals surface area (Å²) in [5.74, 6) is 0. The molecule has 0 atom stereocenters. The molecular weight excluding hydrogens is 363 g/mol. The summed E-state index contributed by atoms with van der Waals surface area (Å²) < 4.78 is 0. The molecule has 0 amide bonds. The first kappa shape index (κ1) is 36.0. The van der Waals surface area contributed by atoms with E-state index in [1.54, 1.807) is 0 Å². The fourth-order valence-electron chi connectivity index (χ4n) is 0. The second-order valence-corrected chi connectivity index (χ2v) is 0.894. The topological polar surface area (TPSA) is 265 Å². The largest absolute Gasteiger partial charge is 2.00 e. The monoisotopic (exact) mass is 362 g/mol. The van der Waals surface area contributed by atoms with Crippen LogP contribution in [0, 0.1) is 61.3 Å². The van der Waals surface area contributed by atoms with Crippen LogP contribution in [0.4, 0.5) is 0 Å². The van der Waals surface area contributed by atoms with E-state index in [1.807, 2.05) is 0 Å². The van der Waals surface area contributed by atoms with E-state index >= 15 is 0 Å².